The summed E-state index contributed by atoms with van der Waals surface area (Å²) in [6, 6.07) is 6.15. The average molecular weight is 352 g/mol. The predicted molar refractivity (Wildman–Crippen MR) is 108 cm³/mol. The van der Waals surface area contributed by atoms with E-state index in [9.17, 15) is 0 Å². The molecule has 138 valence electrons. The van der Waals surface area contributed by atoms with Crippen molar-refractivity contribution in [2.75, 3.05) is 32.1 Å². The van der Waals surface area contributed by atoms with E-state index in [1.165, 1.54) is 19.3 Å². The standard InChI is InChI=1S/C21H28N4O/c1-25(2)21-13-17(9-8-16-6-7-16)10-11-19(21)20(24-22)15-23-14-18-5-3-4-12-26-18/h10-11,13,15-16,18H,3-7,12,14,22H2,1-2H3/b23-15?,24-20+. The van der Waals surface area contributed by atoms with Gasteiger partial charge in [0.2, 0.25) is 0 Å². The molecule has 1 aliphatic heterocycles. The van der Waals surface area contributed by atoms with Crippen LogP contribution < -0.4 is 10.7 Å². The Bertz CT molecular complexity index is 732. The first-order chi connectivity index (χ1) is 12.7. The third-order valence-corrected chi connectivity index (χ3v) is 4.69. The smallest absolute Gasteiger partial charge is 0.110 e. The molecular formula is C21H28N4O. The summed E-state index contributed by atoms with van der Waals surface area (Å²) >= 11 is 0. The Kier molecular flexibility index (Phi) is 6.30. The zero-order valence-corrected chi connectivity index (χ0v) is 15.7. The van der Waals surface area contributed by atoms with Crippen LogP contribution in [0.2, 0.25) is 0 Å². The first-order valence-corrected chi connectivity index (χ1v) is 9.40. The van der Waals surface area contributed by atoms with E-state index in [-0.39, 0.29) is 6.10 Å². The van der Waals surface area contributed by atoms with Crippen molar-refractivity contribution in [3.63, 3.8) is 0 Å². The number of nitrogens with zero attached hydrogens (tertiary/aromatic N) is 3. The van der Waals surface area contributed by atoms with Crippen LogP contribution in [0.4, 0.5) is 5.69 Å². The second-order valence-corrected chi connectivity index (χ2v) is 7.17. The maximum atomic E-state index is 5.72. The minimum absolute atomic E-state index is 0.215. The van der Waals surface area contributed by atoms with E-state index in [2.05, 4.69) is 32.9 Å². The largest absolute Gasteiger partial charge is 0.377 e. The van der Waals surface area contributed by atoms with E-state index in [0.29, 0.717) is 18.2 Å². The first-order valence-electron chi connectivity index (χ1n) is 9.40. The minimum Gasteiger partial charge on any atom is -0.377 e. The molecular weight excluding hydrogens is 324 g/mol. The third kappa shape index (κ3) is 5.09. The first kappa shape index (κ1) is 18.5. The molecule has 2 N–H and O–H groups in total. The topological polar surface area (TPSA) is 63.2 Å². The van der Waals surface area contributed by atoms with Gasteiger partial charge in [-0.05, 0) is 50.3 Å². The molecule has 5 heteroatoms. The van der Waals surface area contributed by atoms with Crippen molar-refractivity contribution in [3.05, 3.63) is 29.3 Å². The summed E-state index contributed by atoms with van der Waals surface area (Å²) in [5.74, 6) is 12.8. The van der Waals surface area contributed by atoms with Crippen LogP contribution in [0.15, 0.2) is 28.3 Å². The molecule has 3 rings (SSSR count). The molecule has 2 aliphatic rings. The van der Waals surface area contributed by atoms with E-state index in [1.807, 2.05) is 26.2 Å². The molecule has 1 saturated heterocycles. The number of ether oxygens (including phenoxy) is 1. The third-order valence-electron chi connectivity index (χ3n) is 4.69. The van der Waals surface area contributed by atoms with Crippen LogP contribution >= 0.6 is 0 Å². The van der Waals surface area contributed by atoms with Crippen LogP contribution in [-0.2, 0) is 4.74 Å². The second kappa shape index (κ2) is 8.86. The number of rotatable bonds is 5. The van der Waals surface area contributed by atoms with Crippen LogP contribution in [-0.4, -0.2) is 45.3 Å². The monoisotopic (exact) mass is 352 g/mol. The number of anilines is 1. The van der Waals surface area contributed by atoms with Gasteiger partial charge in [0.25, 0.3) is 0 Å². The van der Waals surface area contributed by atoms with Crippen molar-refractivity contribution >= 4 is 17.6 Å². The molecule has 1 aromatic carbocycles. The van der Waals surface area contributed by atoms with Gasteiger partial charge < -0.3 is 15.5 Å². The molecule has 1 heterocycles. The van der Waals surface area contributed by atoms with Gasteiger partial charge in [-0.3, -0.25) is 4.99 Å². The zero-order chi connectivity index (χ0) is 18.4. The lowest BCUT2D eigenvalue weighted by atomic mass is 10.0. The summed E-state index contributed by atoms with van der Waals surface area (Å²) in [5, 5.41) is 3.96. The molecule has 1 atom stereocenters. The Morgan fingerprint density at radius 3 is 2.81 bits per heavy atom. The fraction of sp³-hybridized carbons (Fsp3) is 0.524. The van der Waals surface area contributed by atoms with Gasteiger partial charge in [-0.15, -0.1) is 0 Å². The lowest BCUT2D eigenvalue weighted by molar-refractivity contribution is 0.0226. The second-order valence-electron chi connectivity index (χ2n) is 7.17. The Labute approximate surface area is 156 Å². The molecule has 5 nitrogen and oxygen atoms in total. The highest BCUT2D eigenvalue weighted by atomic mass is 16.5. The van der Waals surface area contributed by atoms with Crippen LogP contribution in [0.1, 0.15) is 43.2 Å². The highest BCUT2D eigenvalue weighted by Gasteiger charge is 2.18. The summed E-state index contributed by atoms with van der Waals surface area (Å²) in [5.41, 5.74) is 3.69. The number of nitrogens with two attached hydrogens (primary N) is 1. The Balaban J connectivity index is 1.75. The lowest BCUT2D eigenvalue weighted by Gasteiger charge is -2.20. The van der Waals surface area contributed by atoms with E-state index in [0.717, 1.165) is 36.3 Å². The number of aliphatic imine (C=N–C) groups is 1. The molecule has 0 bridgehead atoms. The normalized spacial score (nSPS) is 20.7. The van der Waals surface area contributed by atoms with Gasteiger partial charge >= 0.3 is 0 Å². The minimum atomic E-state index is 0.215. The van der Waals surface area contributed by atoms with E-state index >= 15 is 0 Å². The average Bonchev–Trinajstić information content (AvgIpc) is 3.49. The molecule has 0 aromatic heterocycles. The molecule has 2 fully saturated rings. The molecule has 1 aliphatic carbocycles. The summed E-state index contributed by atoms with van der Waals surface area (Å²) in [4.78, 5) is 6.58. The summed E-state index contributed by atoms with van der Waals surface area (Å²) in [7, 11) is 4.02. The maximum absolute atomic E-state index is 5.72. The van der Waals surface area contributed by atoms with Gasteiger partial charge in [-0.2, -0.15) is 5.10 Å². The summed E-state index contributed by atoms with van der Waals surface area (Å²) in [6.07, 6.45) is 7.88. The molecule has 1 unspecified atom stereocenters. The molecule has 0 amide bonds. The fourth-order valence-corrected chi connectivity index (χ4v) is 2.99. The molecule has 0 radical (unpaired) electrons. The van der Waals surface area contributed by atoms with E-state index < -0.39 is 0 Å². The maximum Gasteiger partial charge on any atom is 0.110 e. The van der Waals surface area contributed by atoms with Crippen molar-refractivity contribution in [1.82, 2.24) is 0 Å². The predicted octanol–water partition coefficient (Wildman–Crippen LogP) is 2.82. The SMILES string of the molecule is CN(C)c1cc(C#CC2CC2)ccc1/C(C=NCC1CCCCO1)=N/N. The van der Waals surface area contributed by atoms with Gasteiger partial charge in [0.05, 0.1) is 12.6 Å². The van der Waals surface area contributed by atoms with Crippen LogP contribution in [0.3, 0.4) is 0 Å². The lowest BCUT2D eigenvalue weighted by Crippen LogP contribution is -2.22. The van der Waals surface area contributed by atoms with Gasteiger partial charge in [0.1, 0.15) is 5.71 Å². The van der Waals surface area contributed by atoms with Gasteiger partial charge in [-0.25, -0.2) is 0 Å². The van der Waals surface area contributed by atoms with Crippen molar-refractivity contribution < 1.29 is 4.74 Å². The molecule has 1 saturated carbocycles. The highest BCUT2D eigenvalue weighted by Crippen LogP contribution is 2.28. The fourth-order valence-electron chi connectivity index (χ4n) is 2.99. The Morgan fingerprint density at radius 2 is 2.15 bits per heavy atom. The molecule has 1 aromatic rings. The number of hydrazone groups is 1. The quantitative estimate of drug-likeness (QED) is 0.384. The van der Waals surface area contributed by atoms with Gasteiger partial charge in [0.15, 0.2) is 0 Å². The van der Waals surface area contributed by atoms with Crippen LogP contribution in [0.5, 0.6) is 0 Å². The van der Waals surface area contributed by atoms with E-state index in [4.69, 9.17) is 10.6 Å². The van der Waals surface area contributed by atoms with Gasteiger partial charge in [0, 0.05) is 49.6 Å². The van der Waals surface area contributed by atoms with E-state index in [1.54, 1.807) is 6.21 Å². The molecule has 26 heavy (non-hydrogen) atoms. The Morgan fingerprint density at radius 1 is 1.31 bits per heavy atom. The van der Waals surface area contributed by atoms with Crippen LogP contribution in [0.25, 0.3) is 0 Å². The van der Waals surface area contributed by atoms with Crippen molar-refractivity contribution in [2.24, 2.45) is 21.9 Å². The summed E-state index contributed by atoms with van der Waals surface area (Å²) in [6.45, 7) is 1.49. The zero-order valence-electron chi connectivity index (χ0n) is 15.7. The van der Waals surface area contributed by atoms with Crippen molar-refractivity contribution in [3.8, 4) is 11.8 Å². The highest BCUT2D eigenvalue weighted by molar-refractivity contribution is 6.39. The van der Waals surface area contributed by atoms with Crippen molar-refractivity contribution in [1.29, 1.82) is 0 Å². The van der Waals surface area contributed by atoms with Crippen LogP contribution in [0, 0.1) is 17.8 Å². The number of hydrogen-bond acceptors (Lipinski definition) is 5. The van der Waals surface area contributed by atoms with Crippen molar-refractivity contribution in [2.45, 2.75) is 38.2 Å². The van der Waals surface area contributed by atoms with Gasteiger partial charge in [-0.1, -0.05) is 11.8 Å². The number of benzene rings is 1. The molecule has 0 spiro atoms. The number of hydrogen-bond donors (Lipinski definition) is 1. The Hall–Kier alpha value is -2.32. The summed E-state index contributed by atoms with van der Waals surface area (Å²) < 4.78 is 5.72.